The van der Waals surface area contributed by atoms with Gasteiger partial charge in [-0.2, -0.15) is 0 Å². The van der Waals surface area contributed by atoms with Crippen molar-refractivity contribution in [2.75, 3.05) is 6.54 Å². The van der Waals surface area contributed by atoms with E-state index in [4.69, 9.17) is 0 Å². The summed E-state index contributed by atoms with van der Waals surface area (Å²) in [5, 5.41) is 9.98. The highest BCUT2D eigenvalue weighted by Crippen LogP contribution is 1.66. The first-order valence-electron chi connectivity index (χ1n) is 1.57. The van der Waals surface area contributed by atoms with Gasteiger partial charge in [0.15, 0.2) is 0 Å². The van der Waals surface area contributed by atoms with Crippen LogP contribution >= 0.6 is 0 Å². The Kier molecular flexibility index (Phi) is 2.66. The molecule has 0 fully saturated rings. The Hall–Kier alpha value is -0.380. The Bertz CT molecular complexity index is 44.1. The third kappa shape index (κ3) is 3.62. The normalized spacial score (nSPS) is 9.17. The van der Waals surface area contributed by atoms with E-state index in [1.54, 1.807) is 0 Å². The summed E-state index contributed by atoms with van der Waals surface area (Å²) < 4.78 is 0. The number of nitrogens with zero attached hydrogens (tertiary/aromatic N) is 1. The third-order valence-corrected chi connectivity index (χ3v) is 0.309. The molecule has 0 saturated carbocycles. The van der Waals surface area contributed by atoms with E-state index >= 15 is 0 Å². The van der Waals surface area contributed by atoms with E-state index < -0.39 is 0 Å². The molecule has 6 heavy (non-hydrogen) atoms. The van der Waals surface area contributed by atoms with Crippen LogP contribution in [0, 0.1) is 5.21 Å². The molecule has 0 unspecified atom stereocenters. The smallest absolute Gasteiger partial charge is 0.0170 e. The molecular formula is C3H7N2O-. The summed E-state index contributed by atoms with van der Waals surface area (Å²) in [6, 6.07) is 0. The summed E-state index contributed by atoms with van der Waals surface area (Å²) in [7, 11) is 0. The molecule has 0 rings (SSSR count). The molecule has 0 saturated heterocycles. The lowest BCUT2D eigenvalue weighted by molar-refractivity contribution is 0.441. The average molecular weight is 87.1 g/mol. The molecule has 0 amide bonds. The van der Waals surface area contributed by atoms with Crippen LogP contribution in [-0.2, 0) is 0 Å². The quantitative estimate of drug-likeness (QED) is 0.289. The summed E-state index contributed by atoms with van der Waals surface area (Å²) in [5.41, 5.74) is 0. The maximum absolute atomic E-state index is 9.67. The SMILES string of the molecule is C=CCN(N)[O-]. The summed E-state index contributed by atoms with van der Waals surface area (Å²) in [4.78, 5) is 0. The van der Waals surface area contributed by atoms with E-state index in [1.807, 2.05) is 0 Å². The number of hydrogen-bond acceptors (Lipinski definition) is 3. The maximum atomic E-state index is 9.67. The van der Waals surface area contributed by atoms with Crippen LogP contribution in [0.15, 0.2) is 12.7 Å². The lowest BCUT2D eigenvalue weighted by Gasteiger charge is -2.17. The number of nitrogens with two attached hydrogens (primary N) is 1. The molecule has 0 aliphatic heterocycles. The zero-order valence-corrected chi connectivity index (χ0v) is 3.42. The molecule has 36 valence electrons. The van der Waals surface area contributed by atoms with Crippen LogP contribution in [0.5, 0.6) is 0 Å². The molecule has 0 spiro atoms. The lowest BCUT2D eigenvalue weighted by Crippen LogP contribution is -2.23. The Labute approximate surface area is 36.6 Å². The van der Waals surface area contributed by atoms with Gasteiger partial charge in [-0.25, -0.2) is 0 Å². The van der Waals surface area contributed by atoms with Crippen LogP contribution < -0.4 is 5.84 Å². The highest BCUT2D eigenvalue weighted by Gasteiger charge is 1.66. The van der Waals surface area contributed by atoms with Gasteiger partial charge in [0.05, 0.1) is 0 Å². The van der Waals surface area contributed by atoms with Crippen molar-refractivity contribution in [3.05, 3.63) is 17.9 Å². The van der Waals surface area contributed by atoms with Crippen molar-refractivity contribution in [1.82, 2.24) is 5.17 Å². The summed E-state index contributed by atoms with van der Waals surface area (Å²) >= 11 is 0. The van der Waals surface area contributed by atoms with Crippen LogP contribution in [0.1, 0.15) is 0 Å². The second-order valence-electron chi connectivity index (χ2n) is 0.888. The minimum Gasteiger partial charge on any atom is -0.772 e. The first-order chi connectivity index (χ1) is 2.77. The standard InChI is InChI=1S/C3H7N2O/c1-2-3-5(4)6/h2H,1,3-4H2/q-1. The number of hydroxylamine groups is 1. The van der Waals surface area contributed by atoms with Crippen molar-refractivity contribution in [2.45, 2.75) is 0 Å². The molecule has 0 aromatic carbocycles. The number of rotatable bonds is 2. The van der Waals surface area contributed by atoms with Gasteiger partial charge in [0, 0.05) is 6.54 Å². The van der Waals surface area contributed by atoms with E-state index in [9.17, 15) is 5.21 Å². The Morgan fingerprint density at radius 2 is 2.50 bits per heavy atom. The van der Waals surface area contributed by atoms with Crippen molar-refractivity contribution in [3.63, 3.8) is 0 Å². The minimum atomic E-state index is 0.194. The van der Waals surface area contributed by atoms with Crippen LogP contribution in [0.3, 0.4) is 0 Å². The molecule has 0 aliphatic carbocycles. The molecule has 3 heteroatoms. The first-order valence-corrected chi connectivity index (χ1v) is 1.57. The molecule has 0 aliphatic rings. The van der Waals surface area contributed by atoms with Gasteiger partial charge in [-0.3, -0.25) is 5.84 Å². The number of hydrazine groups is 1. The molecule has 0 radical (unpaired) electrons. The number of hydrogen-bond donors (Lipinski definition) is 1. The van der Waals surface area contributed by atoms with Gasteiger partial charge < -0.3 is 10.4 Å². The zero-order chi connectivity index (χ0) is 4.99. The molecule has 0 bridgehead atoms. The molecule has 2 N–H and O–H groups in total. The van der Waals surface area contributed by atoms with E-state index in [0.717, 1.165) is 0 Å². The predicted octanol–water partition coefficient (Wildman–Crippen LogP) is -0.154. The van der Waals surface area contributed by atoms with Gasteiger partial charge in [-0.1, -0.05) is 6.08 Å². The van der Waals surface area contributed by atoms with Crippen molar-refractivity contribution in [2.24, 2.45) is 5.84 Å². The Morgan fingerprint density at radius 1 is 2.00 bits per heavy atom. The molecule has 0 aromatic rings. The van der Waals surface area contributed by atoms with Gasteiger partial charge >= 0.3 is 0 Å². The molecular weight excluding hydrogens is 80.0 g/mol. The van der Waals surface area contributed by atoms with Crippen molar-refractivity contribution < 1.29 is 0 Å². The highest BCUT2D eigenvalue weighted by atomic mass is 16.5. The molecule has 3 nitrogen and oxygen atoms in total. The largest absolute Gasteiger partial charge is 0.772 e. The fourth-order valence-electron chi connectivity index (χ4n) is 0.127. The topological polar surface area (TPSA) is 52.3 Å². The van der Waals surface area contributed by atoms with Crippen molar-refractivity contribution in [3.8, 4) is 0 Å². The van der Waals surface area contributed by atoms with Crippen LogP contribution in [0.2, 0.25) is 0 Å². The monoisotopic (exact) mass is 87.1 g/mol. The molecule has 0 aromatic heterocycles. The highest BCUT2D eigenvalue weighted by molar-refractivity contribution is 4.69. The lowest BCUT2D eigenvalue weighted by atomic mass is 10.7. The zero-order valence-electron chi connectivity index (χ0n) is 3.42. The Balaban J connectivity index is 2.81. The fourth-order valence-corrected chi connectivity index (χ4v) is 0.127. The van der Waals surface area contributed by atoms with Gasteiger partial charge in [-0.05, 0) is 0 Å². The summed E-state index contributed by atoms with van der Waals surface area (Å²) in [6.45, 7) is 3.47. The van der Waals surface area contributed by atoms with E-state index in [-0.39, 0.29) is 6.54 Å². The summed E-state index contributed by atoms with van der Waals surface area (Å²) in [6.07, 6.45) is 1.44. The van der Waals surface area contributed by atoms with Crippen LogP contribution in [0.25, 0.3) is 0 Å². The molecule has 0 heterocycles. The van der Waals surface area contributed by atoms with Crippen molar-refractivity contribution in [1.29, 1.82) is 0 Å². The van der Waals surface area contributed by atoms with Gasteiger partial charge in [-0.15, -0.1) is 6.58 Å². The van der Waals surface area contributed by atoms with Gasteiger partial charge in [0.2, 0.25) is 0 Å². The van der Waals surface area contributed by atoms with E-state index in [1.165, 1.54) is 6.08 Å². The van der Waals surface area contributed by atoms with Gasteiger partial charge in [0.25, 0.3) is 0 Å². The second kappa shape index (κ2) is 2.84. The van der Waals surface area contributed by atoms with Crippen LogP contribution in [0.4, 0.5) is 0 Å². The minimum absolute atomic E-state index is 0.194. The first kappa shape index (κ1) is 5.62. The van der Waals surface area contributed by atoms with Crippen LogP contribution in [-0.4, -0.2) is 11.7 Å². The van der Waals surface area contributed by atoms with Crippen molar-refractivity contribution >= 4 is 0 Å². The summed E-state index contributed by atoms with van der Waals surface area (Å²) in [5.74, 6) is 4.61. The second-order valence-corrected chi connectivity index (χ2v) is 0.888. The Morgan fingerprint density at radius 3 is 2.50 bits per heavy atom. The van der Waals surface area contributed by atoms with Gasteiger partial charge in [0.1, 0.15) is 0 Å². The van der Waals surface area contributed by atoms with E-state index in [2.05, 4.69) is 12.4 Å². The predicted molar refractivity (Wildman–Crippen MR) is 24.5 cm³/mol. The third-order valence-electron chi connectivity index (χ3n) is 0.309. The maximum Gasteiger partial charge on any atom is 0.0170 e. The molecule has 0 atom stereocenters. The average Bonchev–Trinajstić information content (AvgIpc) is 1.35. The fraction of sp³-hybridized carbons (Fsp3) is 0.333. The van der Waals surface area contributed by atoms with E-state index in [0.29, 0.717) is 5.17 Å².